The molecule has 3 N–H and O–H groups in total. The van der Waals surface area contributed by atoms with Crippen LogP contribution in [0.2, 0.25) is 0 Å². The third-order valence-corrected chi connectivity index (χ3v) is 4.27. The van der Waals surface area contributed by atoms with Gasteiger partial charge in [-0.15, -0.1) is 0 Å². The monoisotopic (exact) mass is 290 g/mol. The molecule has 21 heavy (non-hydrogen) atoms. The van der Waals surface area contributed by atoms with E-state index in [0.29, 0.717) is 6.42 Å². The number of nitrogens with one attached hydrogen (secondary N) is 2. The van der Waals surface area contributed by atoms with E-state index in [2.05, 4.69) is 16.7 Å². The second kappa shape index (κ2) is 6.58. The number of hydrogen-bond acceptors (Lipinski definition) is 3. The molecule has 0 spiro atoms. The molecule has 1 aliphatic carbocycles. The third kappa shape index (κ3) is 4.55. The summed E-state index contributed by atoms with van der Waals surface area (Å²) >= 11 is 0. The second-order valence-corrected chi connectivity index (χ2v) is 6.51. The van der Waals surface area contributed by atoms with Crippen LogP contribution < -0.4 is 10.6 Å². The zero-order valence-electron chi connectivity index (χ0n) is 13.2. The number of carbonyl (C=O) groups excluding carboxylic acids is 1. The molecule has 0 saturated heterocycles. The number of anilines is 1. The first-order chi connectivity index (χ1) is 9.94. The van der Waals surface area contributed by atoms with Gasteiger partial charge in [-0.3, -0.25) is 4.79 Å². The van der Waals surface area contributed by atoms with Gasteiger partial charge in [-0.05, 0) is 45.2 Å². The smallest absolute Gasteiger partial charge is 0.225 e. The summed E-state index contributed by atoms with van der Waals surface area (Å²) < 4.78 is 0. The largest absolute Gasteiger partial charge is 0.396 e. The highest BCUT2D eigenvalue weighted by Gasteiger charge is 2.41. The van der Waals surface area contributed by atoms with Crippen molar-refractivity contribution in [3.63, 3.8) is 0 Å². The molecule has 2 rings (SSSR count). The molecule has 1 unspecified atom stereocenters. The summed E-state index contributed by atoms with van der Waals surface area (Å²) in [4.78, 5) is 12.1. The summed E-state index contributed by atoms with van der Waals surface area (Å²) in [6.45, 7) is 7.08. The van der Waals surface area contributed by atoms with Crippen LogP contribution in [0.15, 0.2) is 18.2 Å². The van der Waals surface area contributed by atoms with Crippen LogP contribution in [0.5, 0.6) is 0 Å². The van der Waals surface area contributed by atoms with E-state index in [9.17, 15) is 9.90 Å². The molecular formula is C17H26N2O2. The lowest BCUT2D eigenvalue weighted by Gasteiger charge is -2.18. The quantitative estimate of drug-likeness (QED) is 0.722. The van der Waals surface area contributed by atoms with Crippen molar-refractivity contribution in [2.45, 2.75) is 46.1 Å². The number of aliphatic hydroxyl groups excluding tert-OH is 1. The molecule has 1 saturated carbocycles. The molecule has 0 aliphatic heterocycles. The maximum Gasteiger partial charge on any atom is 0.225 e. The van der Waals surface area contributed by atoms with Crippen LogP contribution in [0.3, 0.4) is 0 Å². The van der Waals surface area contributed by atoms with E-state index in [1.807, 2.05) is 32.9 Å². The highest BCUT2D eigenvalue weighted by atomic mass is 16.3. The third-order valence-electron chi connectivity index (χ3n) is 4.27. The van der Waals surface area contributed by atoms with Crippen LogP contribution in [0.25, 0.3) is 0 Å². The van der Waals surface area contributed by atoms with E-state index in [-0.39, 0.29) is 24.0 Å². The van der Waals surface area contributed by atoms with E-state index >= 15 is 0 Å². The number of benzene rings is 1. The Bertz CT molecular complexity index is 510. The molecule has 116 valence electrons. The van der Waals surface area contributed by atoms with Gasteiger partial charge in [-0.1, -0.05) is 17.7 Å². The van der Waals surface area contributed by atoms with Crippen molar-refractivity contribution in [2.75, 3.05) is 18.5 Å². The molecule has 0 bridgehead atoms. The van der Waals surface area contributed by atoms with Crippen molar-refractivity contribution in [1.29, 1.82) is 0 Å². The molecule has 1 aliphatic rings. The summed E-state index contributed by atoms with van der Waals surface area (Å²) in [6, 6.07) is 6.13. The summed E-state index contributed by atoms with van der Waals surface area (Å²) in [6.07, 6.45) is 2.60. The van der Waals surface area contributed by atoms with E-state index in [1.165, 1.54) is 5.56 Å². The Morgan fingerprint density at radius 2 is 2.10 bits per heavy atom. The summed E-state index contributed by atoms with van der Waals surface area (Å²) in [5.41, 5.74) is 3.24. The Morgan fingerprint density at radius 3 is 2.67 bits per heavy atom. The normalized spacial score (nSPS) is 17.3. The average Bonchev–Trinajstić information content (AvgIpc) is 3.20. The first-order valence-corrected chi connectivity index (χ1v) is 7.65. The molecule has 4 heteroatoms. The molecule has 1 aromatic carbocycles. The van der Waals surface area contributed by atoms with E-state index in [4.69, 9.17) is 0 Å². The van der Waals surface area contributed by atoms with Crippen LogP contribution >= 0.6 is 0 Å². The summed E-state index contributed by atoms with van der Waals surface area (Å²) in [5, 5.41) is 15.6. The van der Waals surface area contributed by atoms with Crippen LogP contribution in [-0.2, 0) is 4.79 Å². The van der Waals surface area contributed by atoms with E-state index in [0.717, 1.165) is 30.6 Å². The van der Waals surface area contributed by atoms with E-state index in [1.54, 1.807) is 0 Å². The Morgan fingerprint density at radius 1 is 1.38 bits per heavy atom. The molecule has 0 aromatic heterocycles. The topological polar surface area (TPSA) is 61.4 Å². The Kier molecular flexibility index (Phi) is 5.01. The first kappa shape index (κ1) is 16.0. The fourth-order valence-corrected chi connectivity index (χ4v) is 2.46. The van der Waals surface area contributed by atoms with Gasteiger partial charge >= 0.3 is 0 Å². The van der Waals surface area contributed by atoms with Gasteiger partial charge in [0.2, 0.25) is 5.91 Å². The molecule has 0 heterocycles. The first-order valence-electron chi connectivity index (χ1n) is 7.65. The standard InChI is InChI=1S/C17H26N2O2/c1-12-4-5-15(13(2)8-12)19-16(21)9-14(3)18-10-17(11-20)6-7-17/h4-5,8,14,18,20H,6-7,9-11H2,1-3H3,(H,19,21). The lowest BCUT2D eigenvalue weighted by Crippen LogP contribution is -2.36. The lowest BCUT2D eigenvalue weighted by atomic mass is 10.1. The number of rotatable bonds is 7. The molecule has 1 atom stereocenters. The summed E-state index contributed by atoms with van der Waals surface area (Å²) in [7, 11) is 0. The predicted octanol–water partition coefficient (Wildman–Crippen LogP) is 2.38. The molecular weight excluding hydrogens is 264 g/mol. The zero-order chi connectivity index (χ0) is 15.5. The van der Waals surface area contributed by atoms with E-state index < -0.39 is 0 Å². The Balaban J connectivity index is 1.78. The number of amides is 1. The SMILES string of the molecule is Cc1ccc(NC(=O)CC(C)NCC2(CO)CC2)c(C)c1. The van der Waals surface area contributed by atoms with Crippen LogP contribution in [0.4, 0.5) is 5.69 Å². The van der Waals surface area contributed by atoms with Crippen LogP contribution in [-0.4, -0.2) is 30.2 Å². The minimum atomic E-state index is 0.0239. The molecule has 0 radical (unpaired) electrons. The Hall–Kier alpha value is -1.39. The lowest BCUT2D eigenvalue weighted by molar-refractivity contribution is -0.116. The van der Waals surface area contributed by atoms with Crippen molar-refractivity contribution in [3.05, 3.63) is 29.3 Å². The minimum absolute atomic E-state index is 0.0239. The second-order valence-electron chi connectivity index (χ2n) is 6.51. The van der Waals surface area contributed by atoms with Gasteiger partial charge < -0.3 is 15.7 Å². The van der Waals surface area contributed by atoms with Crippen molar-refractivity contribution in [1.82, 2.24) is 5.32 Å². The predicted molar refractivity (Wildman–Crippen MR) is 85.4 cm³/mol. The summed E-state index contributed by atoms with van der Waals surface area (Å²) in [5.74, 6) is 0.0239. The molecule has 1 fully saturated rings. The maximum atomic E-state index is 12.1. The van der Waals surface area contributed by atoms with Crippen LogP contribution in [0.1, 0.15) is 37.3 Å². The number of hydrogen-bond donors (Lipinski definition) is 3. The van der Waals surface area contributed by atoms with Gasteiger partial charge in [-0.2, -0.15) is 0 Å². The van der Waals surface area contributed by atoms with Crippen molar-refractivity contribution < 1.29 is 9.90 Å². The molecule has 1 aromatic rings. The van der Waals surface area contributed by atoms with Gasteiger partial charge in [0.25, 0.3) is 0 Å². The highest BCUT2D eigenvalue weighted by molar-refractivity contribution is 5.91. The minimum Gasteiger partial charge on any atom is -0.396 e. The van der Waals surface area contributed by atoms with Gasteiger partial charge in [-0.25, -0.2) is 0 Å². The fourth-order valence-electron chi connectivity index (χ4n) is 2.46. The van der Waals surface area contributed by atoms with Gasteiger partial charge in [0.15, 0.2) is 0 Å². The van der Waals surface area contributed by atoms with Crippen molar-refractivity contribution >= 4 is 11.6 Å². The van der Waals surface area contributed by atoms with Gasteiger partial charge in [0, 0.05) is 36.7 Å². The van der Waals surface area contributed by atoms with Crippen molar-refractivity contribution in [2.24, 2.45) is 5.41 Å². The zero-order valence-corrected chi connectivity index (χ0v) is 13.2. The Labute approximate surface area is 126 Å². The molecule has 1 amide bonds. The maximum absolute atomic E-state index is 12.1. The van der Waals surface area contributed by atoms with Gasteiger partial charge in [0.1, 0.15) is 0 Å². The number of aryl methyl sites for hydroxylation is 2. The van der Waals surface area contributed by atoms with Crippen LogP contribution in [0, 0.1) is 19.3 Å². The highest BCUT2D eigenvalue weighted by Crippen LogP contribution is 2.44. The van der Waals surface area contributed by atoms with Crippen molar-refractivity contribution in [3.8, 4) is 0 Å². The number of aliphatic hydroxyl groups is 1. The van der Waals surface area contributed by atoms with Gasteiger partial charge in [0.05, 0.1) is 0 Å². The molecule has 4 nitrogen and oxygen atoms in total. The number of carbonyl (C=O) groups is 1. The fraction of sp³-hybridized carbons (Fsp3) is 0.588. The average molecular weight is 290 g/mol.